The van der Waals surface area contributed by atoms with E-state index in [0.29, 0.717) is 30.3 Å². The number of aryl methyl sites for hydroxylation is 2. The molecule has 0 saturated carbocycles. The lowest BCUT2D eigenvalue weighted by atomic mass is 10.1. The third-order valence-corrected chi connectivity index (χ3v) is 3.51. The summed E-state index contributed by atoms with van der Waals surface area (Å²) in [6.07, 6.45) is 0. The molecule has 0 fully saturated rings. The van der Waals surface area contributed by atoms with Gasteiger partial charge in [0.2, 0.25) is 0 Å². The van der Waals surface area contributed by atoms with Crippen LogP contribution in [-0.2, 0) is 0 Å². The van der Waals surface area contributed by atoms with E-state index in [4.69, 9.17) is 14.2 Å². The number of carbonyl (C=O) groups excluding carboxylic acids is 1. The summed E-state index contributed by atoms with van der Waals surface area (Å²) in [4.78, 5) is 12.0. The van der Waals surface area contributed by atoms with Crippen LogP contribution in [0.4, 0.5) is 10.5 Å². The summed E-state index contributed by atoms with van der Waals surface area (Å²) in [5.41, 5.74) is 2.83. The summed E-state index contributed by atoms with van der Waals surface area (Å²) in [5.74, 6) is 1.99. The number of nitrogens with one attached hydrogen (secondary N) is 2. The zero-order valence-corrected chi connectivity index (χ0v) is 15.0. The van der Waals surface area contributed by atoms with Gasteiger partial charge in [-0.1, -0.05) is 6.07 Å². The third-order valence-electron chi connectivity index (χ3n) is 3.51. The van der Waals surface area contributed by atoms with Crippen LogP contribution in [0.2, 0.25) is 0 Å². The third kappa shape index (κ3) is 5.60. The fourth-order valence-electron chi connectivity index (χ4n) is 2.43. The van der Waals surface area contributed by atoms with E-state index in [1.807, 2.05) is 26.0 Å². The number of rotatable bonds is 7. The summed E-state index contributed by atoms with van der Waals surface area (Å²) in [7, 11) is 3.11. The lowest BCUT2D eigenvalue weighted by molar-refractivity contribution is 0.247. The average molecular weight is 344 g/mol. The Morgan fingerprint density at radius 3 is 2.32 bits per heavy atom. The first-order chi connectivity index (χ1) is 12.0. The molecular formula is C19H24N2O4. The first-order valence-corrected chi connectivity index (χ1v) is 8.00. The topological polar surface area (TPSA) is 68.8 Å². The van der Waals surface area contributed by atoms with Crippen molar-refractivity contribution in [2.75, 3.05) is 32.7 Å². The number of methoxy groups -OCH3 is 2. The van der Waals surface area contributed by atoms with E-state index in [2.05, 4.69) is 16.7 Å². The largest absolute Gasteiger partial charge is 0.497 e. The molecule has 2 aromatic rings. The Hall–Kier alpha value is -2.89. The summed E-state index contributed by atoms with van der Waals surface area (Å²) in [6.45, 7) is 4.80. The van der Waals surface area contributed by atoms with E-state index in [9.17, 15) is 4.79 Å². The number of anilines is 1. The first-order valence-electron chi connectivity index (χ1n) is 8.00. The molecule has 0 heterocycles. The van der Waals surface area contributed by atoms with Gasteiger partial charge in [0, 0.05) is 6.07 Å². The van der Waals surface area contributed by atoms with Gasteiger partial charge in [0.1, 0.15) is 23.9 Å². The number of ether oxygens (including phenoxy) is 3. The number of hydrogen-bond donors (Lipinski definition) is 2. The Labute approximate surface area is 148 Å². The van der Waals surface area contributed by atoms with Crippen molar-refractivity contribution in [3.63, 3.8) is 0 Å². The highest BCUT2D eigenvalue weighted by molar-refractivity contribution is 5.91. The van der Waals surface area contributed by atoms with Crippen molar-refractivity contribution < 1.29 is 19.0 Å². The highest BCUT2D eigenvalue weighted by Crippen LogP contribution is 2.28. The van der Waals surface area contributed by atoms with Crippen molar-refractivity contribution in [1.82, 2.24) is 5.32 Å². The molecule has 2 aromatic carbocycles. The molecular weight excluding hydrogens is 320 g/mol. The van der Waals surface area contributed by atoms with E-state index in [0.717, 1.165) is 16.9 Å². The molecule has 6 heteroatoms. The molecule has 134 valence electrons. The Morgan fingerprint density at radius 2 is 1.68 bits per heavy atom. The van der Waals surface area contributed by atoms with Crippen molar-refractivity contribution in [3.8, 4) is 17.2 Å². The molecule has 2 amide bonds. The monoisotopic (exact) mass is 344 g/mol. The highest BCUT2D eigenvalue weighted by atomic mass is 16.5. The molecule has 0 radical (unpaired) electrons. The molecule has 0 bridgehead atoms. The minimum Gasteiger partial charge on any atom is -0.497 e. The van der Waals surface area contributed by atoms with Crippen LogP contribution in [0.25, 0.3) is 0 Å². The fourth-order valence-corrected chi connectivity index (χ4v) is 2.43. The Morgan fingerprint density at radius 1 is 0.960 bits per heavy atom. The van der Waals surface area contributed by atoms with Gasteiger partial charge in [-0.05, 0) is 49.2 Å². The summed E-state index contributed by atoms with van der Waals surface area (Å²) in [6, 6.07) is 10.9. The van der Waals surface area contributed by atoms with Crippen LogP contribution in [0.3, 0.4) is 0 Å². The summed E-state index contributed by atoms with van der Waals surface area (Å²) in [5, 5.41) is 5.49. The SMILES string of the molecule is COc1ccc(OC)c(NC(=O)NCCOc2cc(C)cc(C)c2)c1. The van der Waals surface area contributed by atoms with Crippen LogP contribution >= 0.6 is 0 Å². The number of hydrogen-bond acceptors (Lipinski definition) is 4. The van der Waals surface area contributed by atoms with Gasteiger partial charge >= 0.3 is 6.03 Å². The van der Waals surface area contributed by atoms with Gasteiger partial charge in [-0.25, -0.2) is 4.79 Å². The lowest BCUT2D eigenvalue weighted by Crippen LogP contribution is -2.32. The molecule has 0 spiro atoms. The smallest absolute Gasteiger partial charge is 0.319 e. The van der Waals surface area contributed by atoms with E-state index < -0.39 is 0 Å². The van der Waals surface area contributed by atoms with Crippen molar-refractivity contribution in [2.45, 2.75) is 13.8 Å². The summed E-state index contributed by atoms with van der Waals surface area (Å²) < 4.78 is 16.0. The second kappa shape index (κ2) is 8.82. The summed E-state index contributed by atoms with van der Waals surface area (Å²) >= 11 is 0. The standard InChI is InChI=1S/C19H24N2O4/c1-13-9-14(2)11-16(10-13)25-8-7-20-19(22)21-17-12-15(23-3)5-6-18(17)24-4/h5-6,9-12H,7-8H2,1-4H3,(H2,20,21,22). The molecule has 0 aliphatic carbocycles. The quantitative estimate of drug-likeness (QED) is 0.754. The van der Waals surface area contributed by atoms with Gasteiger partial charge in [0.25, 0.3) is 0 Å². The zero-order chi connectivity index (χ0) is 18.2. The fraction of sp³-hybridized carbons (Fsp3) is 0.316. The van der Waals surface area contributed by atoms with Crippen molar-refractivity contribution >= 4 is 11.7 Å². The highest BCUT2D eigenvalue weighted by Gasteiger charge is 2.08. The first kappa shape index (κ1) is 18.4. The molecule has 0 aliphatic rings. The van der Waals surface area contributed by atoms with Crippen molar-refractivity contribution in [1.29, 1.82) is 0 Å². The van der Waals surface area contributed by atoms with E-state index in [1.54, 1.807) is 32.4 Å². The minimum atomic E-state index is -0.337. The van der Waals surface area contributed by atoms with E-state index in [1.165, 1.54) is 0 Å². The molecule has 0 saturated heterocycles. The normalized spacial score (nSPS) is 10.1. The number of amides is 2. The van der Waals surface area contributed by atoms with Crippen molar-refractivity contribution in [2.24, 2.45) is 0 Å². The van der Waals surface area contributed by atoms with Crippen molar-refractivity contribution in [3.05, 3.63) is 47.5 Å². The lowest BCUT2D eigenvalue weighted by Gasteiger charge is -2.13. The molecule has 6 nitrogen and oxygen atoms in total. The van der Waals surface area contributed by atoms with Gasteiger partial charge in [-0.3, -0.25) is 0 Å². The van der Waals surface area contributed by atoms with Crippen LogP contribution < -0.4 is 24.8 Å². The molecule has 2 rings (SSSR count). The maximum absolute atomic E-state index is 12.0. The second-order valence-corrected chi connectivity index (χ2v) is 5.62. The number of urea groups is 1. The van der Waals surface area contributed by atoms with Gasteiger partial charge in [-0.15, -0.1) is 0 Å². The Balaban J connectivity index is 1.83. The Kier molecular flexibility index (Phi) is 6.51. The predicted molar refractivity (Wildman–Crippen MR) is 98.0 cm³/mol. The molecule has 25 heavy (non-hydrogen) atoms. The molecule has 0 atom stereocenters. The van der Waals surface area contributed by atoms with Crippen LogP contribution in [-0.4, -0.2) is 33.4 Å². The van der Waals surface area contributed by atoms with Crippen LogP contribution in [0.5, 0.6) is 17.2 Å². The number of benzene rings is 2. The van der Waals surface area contributed by atoms with Gasteiger partial charge < -0.3 is 24.8 Å². The van der Waals surface area contributed by atoms with Crippen LogP contribution in [0.15, 0.2) is 36.4 Å². The molecule has 0 aliphatic heterocycles. The van der Waals surface area contributed by atoms with E-state index in [-0.39, 0.29) is 6.03 Å². The average Bonchev–Trinajstić information content (AvgIpc) is 2.58. The maximum atomic E-state index is 12.0. The van der Waals surface area contributed by atoms with Crippen LogP contribution in [0, 0.1) is 13.8 Å². The predicted octanol–water partition coefficient (Wildman–Crippen LogP) is 3.52. The van der Waals surface area contributed by atoms with Gasteiger partial charge in [0.05, 0.1) is 26.5 Å². The van der Waals surface area contributed by atoms with Gasteiger partial charge in [-0.2, -0.15) is 0 Å². The number of carbonyl (C=O) groups is 1. The minimum absolute atomic E-state index is 0.337. The zero-order valence-electron chi connectivity index (χ0n) is 15.0. The molecule has 0 aromatic heterocycles. The maximum Gasteiger partial charge on any atom is 0.319 e. The van der Waals surface area contributed by atoms with Crippen LogP contribution in [0.1, 0.15) is 11.1 Å². The van der Waals surface area contributed by atoms with E-state index >= 15 is 0 Å². The second-order valence-electron chi connectivity index (χ2n) is 5.62. The van der Waals surface area contributed by atoms with Gasteiger partial charge in [0.15, 0.2) is 0 Å². The molecule has 0 unspecified atom stereocenters. The Bertz CT molecular complexity index is 711. The molecule has 2 N–H and O–H groups in total.